The van der Waals surface area contributed by atoms with Gasteiger partial charge in [0, 0.05) is 21.5 Å². The number of nitrogens with zero attached hydrogens (tertiary/aromatic N) is 4. The maximum Gasteiger partial charge on any atom is 0.298 e. The Morgan fingerprint density at radius 1 is 0.481 bits per heavy atom. The van der Waals surface area contributed by atoms with Gasteiger partial charge in [0.15, 0.2) is 22.9 Å². The minimum atomic E-state index is -4.85. The minimum absolute atomic E-state index is 0.0169. The van der Waals surface area contributed by atoms with Crippen LogP contribution in [0.2, 0.25) is 0 Å². The van der Waals surface area contributed by atoms with E-state index in [2.05, 4.69) is 20.5 Å². The third kappa shape index (κ3) is 6.28. The van der Waals surface area contributed by atoms with Crippen molar-refractivity contribution in [2.45, 2.75) is 37.5 Å². The molecular weight excluding hydrogens is 709 g/mol. The molecule has 266 valence electrons. The zero-order chi connectivity index (χ0) is 37.9. The van der Waals surface area contributed by atoms with Gasteiger partial charge < -0.3 is 21.7 Å². The van der Waals surface area contributed by atoms with Gasteiger partial charge in [-0.3, -0.25) is 9.11 Å². The van der Waals surface area contributed by atoms with Crippen molar-refractivity contribution in [3.8, 4) is 22.6 Å². The van der Waals surface area contributed by atoms with Crippen molar-refractivity contribution in [2.24, 2.45) is 20.5 Å². The van der Waals surface area contributed by atoms with Crippen molar-refractivity contribution in [2.75, 3.05) is 11.5 Å². The van der Waals surface area contributed by atoms with Crippen molar-refractivity contribution < 1.29 is 36.2 Å². The Labute approximate surface area is 298 Å². The summed E-state index contributed by atoms with van der Waals surface area (Å²) in [6.45, 7) is 7.23. The Hall–Kier alpha value is -5.94. The topological polar surface area (TPSA) is 251 Å². The SMILES string of the molecule is Cc1cc(-c2cc(C)c(/N=N/c3c(O)c(S(=O)(=O)O)c4ccccc4c3N)c(C)c2)cc(C)c1/N=N/c1c(O)c(S(=O)(=O)O)c2ccccc2c1N. The van der Waals surface area contributed by atoms with E-state index in [0.717, 1.165) is 11.1 Å². The van der Waals surface area contributed by atoms with E-state index in [0.29, 0.717) is 33.6 Å². The molecule has 0 saturated carbocycles. The Morgan fingerprint density at radius 3 is 1.04 bits per heavy atom. The molecule has 0 amide bonds. The second kappa shape index (κ2) is 13.0. The van der Waals surface area contributed by atoms with Crippen LogP contribution in [0.25, 0.3) is 32.7 Å². The summed E-state index contributed by atoms with van der Waals surface area (Å²) in [5, 5.41) is 39.2. The van der Waals surface area contributed by atoms with Crippen LogP contribution in [-0.4, -0.2) is 36.2 Å². The largest absolute Gasteiger partial charge is 0.504 e. The maximum atomic E-state index is 12.2. The predicted molar refractivity (Wildman–Crippen MR) is 199 cm³/mol. The van der Waals surface area contributed by atoms with Gasteiger partial charge in [-0.1, -0.05) is 48.5 Å². The van der Waals surface area contributed by atoms with Gasteiger partial charge in [0.2, 0.25) is 0 Å². The molecule has 0 aromatic heterocycles. The predicted octanol–water partition coefficient (Wildman–Crippen LogP) is 8.79. The molecule has 0 heterocycles. The first kappa shape index (κ1) is 35.9. The number of hydrogen-bond acceptors (Lipinski definition) is 12. The summed E-state index contributed by atoms with van der Waals surface area (Å²) in [6.07, 6.45) is 0. The molecule has 0 fully saturated rings. The zero-order valence-corrected chi connectivity index (χ0v) is 29.7. The van der Waals surface area contributed by atoms with Gasteiger partial charge in [0.1, 0.15) is 9.79 Å². The van der Waals surface area contributed by atoms with E-state index in [9.17, 15) is 36.2 Å². The third-order valence-electron chi connectivity index (χ3n) is 8.64. The molecule has 6 aromatic rings. The van der Waals surface area contributed by atoms with Crippen LogP contribution in [0.1, 0.15) is 22.3 Å². The maximum absolute atomic E-state index is 12.2. The number of nitrogen functional groups attached to an aromatic ring is 2. The van der Waals surface area contributed by atoms with E-state index < -0.39 is 41.5 Å². The molecule has 0 aliphatic heterocycles. The molecule has 6 rings (SSSR count). The summed E-state index contributed by atoms with van der Waals surface area (Å²) in [5.41, 5.74) is 17.2. The number of phenols is 2. The first-order chi connectivity index (χ1) is 24.4. The molecule has 0 saturated heterocycles. The molecule has 0 aliphatic carbocycles. The number of nitrogens with two attached hydrogens (primary N) is 2. The summed E-state index contributed by atoms with van der Waals surface area (Å²) in [7, 11) is -9.70. The Bertz CT molecular complexity index is 2550. The molecule has 8 N–H and O–H groups in total. The van der Waals surface area contributed by atoms with Crippen LogP contribution in [0, 0.1) is 27.7 Å². The lowest BCUT2D eigenvalue weighted by Crippen LogP contribution is -2.02. The molecule has 0 atom stereocenters. The van der Waals surface area contributed by atoms with E-state index in [1.807, 2.05) is 52.0 Å². The van der Waals surface area contributed by atoms with Crippen LogP contribution in [0.4, 0.5) is 34.1 Å². The average Bonchev–Trinajstić information content (AvgIpc) is 3.05. The van der Waals surface area contributed by atoms with Crippen molar-refractivity contribution >= 4 is 75.9 Å². The molecule has 16 heteroatoms. The Kier molecular flexibility index (Phi) is 8.96. The van der Waals surface area contributed by atoms with E-state index in [1.54, 1.807) is 36.4 Å². The zero-order valence-electron chi connectivity index (χ0n) is 28.1. The van der Waals surface area contributed by atoms with Crippen LogP contribution >= 0.6 is 0 Å². The van der Waals surface area contributed by atoms with Crippen molar-refractivity contribution in [1.82, 2.24) is 0 Å². The minimum Gasteiger partial charge on any atom is -0.504 e. The second-order valence-electron chi connectivity index (χ2n) is 12.2. The fourth-order valence-corrected chi connectivity index (χ4v) is 7.89. The van der Waals surface area contributed by atoms with Crippen LogP contribution in [-0.2, 0) is 20.2 Å². The van der Waals surface area contributed by atoms with Gasteiger partial charge in [-0.2, -0.15) is 16.8 Å². The van der Waals surface area contributed by atoms with E-state index in [4.69, 9.17) is 11.5 Å². The Balaban J connectivity index is 1.37. The number of benzene rings is 6. The number of aromatic hydroxyl groups is 2. The van der Waals surface area contributed by atoms with Gasteiger partial charge in [-0.15, -0.1) is 20.5 Å². The highest BCUT2D eigenvalue weighted by molar-refractivity contribution is 7.86. The van der Waals surface area contributed by atoms with Gasteiger partial charge in [-0.25, -0.2) is 0 Å². The highest BCUT2D eigenvalue weighted by Crippen LogP contribution is 2.48. The number of anilines is 2. The van der Waals surface area contributed by atoms with Crippen molar-refractivity contribution in [1.29, 1.82) is 0 Å². The summed E-state index contributed by atoms with van der Waals surface area (Å²) < 4.78 is 68.5. The summed E-state index contributed by atoms with van der Waals surface area (Å²) >= 11 is 0. The Morgan fingerprint density at radius 2 is 0.750 bits per heavy atom. The lowest BCUT2D eigenvalue weighted by molar-refractivity contribution is 0.444. The van der Waals surface area contributed by atoms with Gasteiger partial charge >= 0.3 is 0 Å². The molecule has 0 bridgehead atoms. The lowest BCUT2D eigenvalue weighted by atomic mass is 9.95. The van der Waals surface area contributed by atoms with Gasteiger partial charge in [-0.05, 0) is 85.3 Å². The number of phenolic OH excluding ortho intramolecular Hbond substituents is 2. The number of hydrogen-bond donors (Lipinski definition) is 6. The van der Waals surface area contributed by atoms with E-state index >= 15 is 0 Å². The van der Waals surface area contributed by atoms with Crippen LogP contribution in [0.5, 0.6) is 11.5 Å². The molecule has 14 nitrogen and oxygen atoms in total. The first-order valence-electron chi connectivity index (χ1n) is 15.5. The van der Waals surface area contributed by atoms with Gasteiger partial charge in [0.25, 0.3) is 20.2 Å². The van der Waals surface area contributed by atoms with Crippen LogP contribution < -0.4 is 11.5 Å². The smallest absolute Gasteiger partial charge is 0.298 e. The number of aryl methyl sites for hydroxylation is 4. The first-order valence-corrected chi connectivity index (χ1v) is 18.4. The second-order valence-corrected chi connectivity index (χ2v) is 15.0. The summed E-state index contributed by atoms with van der Waals surface area (Å²) in [4.78, 5) is -1.44. The highest BCUT2D eigenvalue weighted by atomic mass is 32.2. The standard InChI is InChI=1S/C36H32N6O8S2/c1-17-13-21(14-18(2)29(17)39-41-31-27(37)23-9-5-7-11-25(23)35(33(31)43)51(45,46)47)22-15-19(3)30(20(4)16-22)40-42-32-28(38)24-10-6-8-12-26(24)36(34(32)44)52(48,49)50/h5-16,43-44H,37-38H2,1-4H3,(H,45,46,47)(H,48,49,50)/b41-39+,42-40+. The fraction of sp³-hybridized carbons (Fsp3) is 0.111. The molecule has 0 spiro atoms. The lowest BCUT2D eigenvalue weighted by Gasteiger charge is -2.14. The average molecular weight is 741 g/mol. The molecular formula is C36H32N6O8S2. The van der Waals surface area contributed by atoms with E-state index in [1.165, 1.54) is 12.1 Å². The van der Waals surface area contributed by atoms with Crippen LogP contribution in [0.3, 0.4) is 0 Å². The van der Waals surface area contributed by atoms with E-state index in [-0.39, 0.29) is 44.3 Å². The normalized spacial score (nSPS) is 12.5. The third-order valence-corrected chi connectivity index (χ3v) is 10.5. The highest BCUT2D eigenvalue weighted by Gasteiger charge is 2.27. The molecule has 0 radical (unpaired) electrons. The van der Waals surface area contributed by atoms with Gasteiger partial charge in [0.05, 0.1) is 22.7 Å². The van der Waals surface area contributed by atoms with Crippen molar-refractivity contribution in [3.63, 3.8) is 0 Å². The molecule has 0 unspecified atom stereocenters. The number of azo groups is 2. The fourth-order valence-electron chi connectivity index (χ4n) is 6.30. The van der Waals surface area contributed by atoms with Crippen LogP contribution in [0.15, 0.2) is 103 Å². The van der Waals surface area contributed by atoms with Crippen molar-refractivity contribution in [3.05, 3.63) is 95.1 Å². The molecule has 0 aliphatic rings. The summed E-state index contributed by atoms with van der Waals surface area (Å²) in [6, 6.07) is 19.7. The summed E-state index contributed by atoms with van der Waals surface area (Å²) in [5.74, 6) is -1.65. The monoisotopic (exact) mass is 740 g/mol. The molecule has 52 heavy (non-hydrogen) atoms. The number of fused-ring (bicyclic) bond motifs is 2. The molecule has 6 aromatic carbocycles. The quantitative estimate of drug-likeness (QED) is 0.0515. The number of rotatable bonds is 7.